The fourth-order valence-corrected chi connectivity index (χ4v) is 4.16. The highest BCUT2D eigenvalue weighted by atomic mass is 32.2. The lowest BCUT2D eigenvalue weighted by Gasteiger charge is -2.26. The molecule has 1 aromatic carbocycles. The average molecular weight is 297 g/mol. The summed E-state index contributed by atoms with van der Waals surface area (Å²) in [4.78, 5) is 0. The van der Waals surface area contributed by atoms with Gasteiger partial charge in [-0.05, 0) is 43.7 Å². The van der Waals surface area contributed by atoms with Crippen LogP contribution in [0.2, 0.25) is 0 Å². The highest BCUT2D eigenvalue weighted by Crippen LogP contribution is 2.31. The van der Waals surface area contributed by atoms with Gasteiger partial charge >= 0.3 is 0 Å². The molecular formula is C15H23NO3S. The Morgan fingerprint density at radius 3 is 2.50 bits per heavy atom. The number of hydrogen-bond acceptors (Lipinski definition) is 3. The third-order valence-corrected chi connectivity index (χ3v) is 5.57. The molecular weight excluding hydrogens is 274 g/mol. The molecule has 0 aromatic heterocycles. The third-order valence-electron chi connectivity index (χ3n) is 3.59. The van der Waals surface area contributed by atoms with Gasteiger partial charge < -0.3 is 5.11 Å². The number of hydrogen-bond donors (Lipinski definition) is 1. The molecule has 0 bridgehead atoms. The second kappa shape index (κ2) is 6.24. The van der Waals surface area contributed by atoms with Crippen LogP contribution in [0.4, 0.5) is 0 Å². The van der Waals surface area contributed by atoms with E-state index in [9.17, 15) is 8.42 Å². The molecule has 0 amide bonds. The molecule has 1 aliphatic carbocycles. The first-order chi connectivity index (χ1) is 9.42. The van der Waals surface area contributed by atoms with E-state index in [1.807, 2.05) is 13.8 Å². The van der Waals surface area contributed by atoms with Gasteiger partial charge in [0.05, 0.1) is 12.4 Å². The van der Waals surface area contributed by atoms with Crippen molar-refractivity contribution in [3.8, 4) is 0 Å². The van der Waals surface area contributed by atoms with Crippen molar-refractivity contribution in [2.75, 3.05) is 6.54 Å². The predicted octanol–water partition coefficient (Wildman–Crippen LogP) is 2.13. The molecule has 0 atom stereocenters. The molecule has 1 aliphatic rings. The van der Waals surface area contributed by atoms with E-state index in [1.54, 1.807) is 28.6 Å². The fourth-order valence-electron chi connectivity index (χ4n) is 2.31. The fraction of sp³-hybridized carbons (Fsp3) is 0.600. The molecule has 112 valence electrons. The largest absolute Gasteiger partial charge is 0.392 e. The molecule has 2 rings (SSSR count). The van der Waals surface area contributed by atoms with Gasteiger partial charge in [0, 0.05) is 12.6 Å². The molecule has 5 heteroatoms. The molecule has 20 heavy (non-hydrogen) atoms. The van der Waals surface area contributed by atoms with Gasteiger partial charge in [0.2, 0.25) is 10.0 Å². The Morgan fingerprint density at radius 1 is 1.30 bits per heavy atom. The van der Waals surface area contributed by atoms with Crippen LogP contribution in [0, 0.1) is 5.92 Å². The van der Waals surface area contributed by atoms with E-state index in [4.69, 9.17) is 5.11 Å². The Hall–Kier alpha value is -0.910. The minimum Gasteiger partial charge on any atom is -0.392 e. The average Bonchev–Trinajstić information content (AvgIpc) is 3.19. The SMILES string of the molecule is CC(C)N(CC1CC1)S(=O)(=O)Cc1cccc(CO)c1. The number of aliphatic hydroxyl groups is 1. The van der Waals surface area contributed by atoms with Crippen LogP contribution < -0.4 is 0 Å². The molecule has 4 nitrogen and oxygen atoms in total. The van der Waals surface area contributed by atoms with Crippen LogP contribution in [0.15, 0.2) is 24.3 Å². The Kier molecular flexibility index (Phi) is 4.83. The first-order valence-electron chi connectivity index (χ1n) is 7.10. The maximum atomic E-state index is 12.6. The van der Waals surface area contributed by atoms with Crippen LogP contribution in [0.25, 0.3) is 0 Å². The lowest BCUT2D eigenvalue weighted by Crippen LogP contribution is -2.39. The van der Waals surface area contributed by atoms with E-state index in [0.717, 1.165) is 24.0 Å². The second-order valence-corrected chi connectivity index (χ2v) is 7.76. The molecule has 0 aliphatic heterocycles. The molecule has 1 fully saturated rings. The van der Waals surface area contributed by atoms with Crippen LogP contribution in [0.3, 0.4) is 0 Å². The standard InChI is InChI=1S/C15H23NO3S/c1-12(2)16(9-13-6-7-13)20(18,19)11-15-5-3-4-14(8-15)10-17/h3-5,8,12-13,17H,6-7,9-11H2,1-2H3. The van der Waals surface area contributed by atoms with E-state index >= 15 is 0 Å². The zero-order chi connectivity index (χ0) is 14.8. The Morgan fingerprint density at radius 2 is 1.95 bits per heavy atom. The third kappa shape index (κ3) is 4.04. The summed E-state index contributed by atoms with van der Waals surface area (Å²) in [5.41, 5.74) is 1.48. The first kappa shape index (κ1) is 15.5. The number of rotatable bonds is 7. The molecule has 0 spiro atoms. The summed E-state index contributed by atoms with van der Waals surface area (Å²) >= 11 is 0. The number of aliphatic hydroxyl groups excluding tert-OH is 1. The summed E-state index contributed by atoms with van der Waals surface area (Å²) in [5.74, 6) is 0.544. The number of benzene rings is 1. The molecule has 0 saturated heterocycles. The molecule has 0 radical (unpaired) electrons. The Labute approximate surface area is 121 Å². The molecule has 1 aromatic rings. The van der Waals surface area contributed by atoms with Gasteiger partial charge in [0.15, 0.2) is 0 Å². The van der Waals surface area contributed by atoms with Gasteiger partial charge in [-0.3, -0.25) is 0 Å². The van der Waals surface area contributed by atoms with E-state index in [-0.39, 0.29) is 18.4 Å². The van der Waals surface area contributed by atoms with Crippen molar-refractivity contribution < 1.29 is 13.5 Å². The highest BCUT2D eigenvalue weighted by molar-refractivity contribution is 7.88. The second-order valence-electron chi connectivity index (χ2n) is 5.84. The summed E-state index contributed by atoms with van der Waals surface area (Å²) in [5, 5.41) is 9.13. The molecule has 0 unspecified atom stereocenters. The smallest absolute Gasteiger partial charge is 0.218 e. The molecule has 0 heterocycles. The van der Waals surface area contributed by atoms with Crippen LogP contribution >= 0.6 is 0 Å². The van der Waals surface area contributed by atoms with Gasteiger partial charge in [0.1, 0.15) is 0 Å². The summed E-state index contributed by atoms with van der Waals surface area (Å²) in [6.45, 7) is 4.41. The lowest BCUT2D eigenvalue weighted by atomic mass is 10.1. The van der Waals surface area contributed by atoms with Crippen molar-refractivity contribution in [2.24, 2.45) is 5.92 Å². The monoisotopic (exact) mass is 297 g/mol. The van der Waals surface area contributed by atoms with E-state index in [0.29, 0.717) is 12.5 Å². The van der Waals surface area contributed by atoms with Gasteiger partial charge in [-0.2, -0.15) is 4.31 Å². The van der Waals surface area contributed by atoms with Crippen LogP contribution in [-0.4, -0.2) is 30.4 Å². The zero-order valence-corrected chi connectivity index (χ0v) is 12.9. The molecule has 1 saturated carbocycles. The lowest BCUT2D eigenvalue weighted by molar-refractivity contribution is 0.281. The molecule has 1 N–H and O–H groups in total. The van der Waals surface area contributed by atoms with Gasteiger partial charge in [-0.25, -0.2) is 8.42 Å². The summed E-state index contributed by atoms with van der Waals surface area (Å²) < 4.78 is 26.8. The maximum Gasteiger partial charge on any atom is 0.218 e. The first-order valence-corrected chi connectivity index (χ1v) is 8.71. The Balaban J connectivity index is 2.14. The van der Waals surface area contributed by atoms with Crippen LogP contribution in [-0.2, 0) is 22.4 Å². The number of nitrogens with zero attached hydrogens (tertiary/aromatic N) is 1. The summed E-state index contributed by atoms with van der Waals surface area (Å²) in [6.07, 6.45) is 2.28. The highest BCUT2D eigenvalue weighted by Gasteiger charge is 2.32. The van der Waals surface area contributed by atoms with Crippen molar-refractivity contribution in [3.63, 3.8) is 0 Å². The van der Waals surface area contributed by atoms with Crippen molar-refractivity contribution in [2.45, 2.75) is 45.1 Å². The van der Waals surface area contributed by atoms with Crippen molar-refractivity contribution >= 4 is 10.0 Å². The minimum absolute atomic E-state index is 0.00569. The number of sulfonamides is 1. The summed E-state index contributed by atoms with van der Waals surface area (Å²) in [6, 6.07) is 7.12. The Bertz CT molecular complexity index is 550. The van der Waals surface area contributed by atoms with E-state index in [1.165, 1.54) is 0 Å². The van der Waals surface area contributed by atoms with Crippen molar-refractivity contribution in [1.29, 1.82) is 0 Å². The van der Waals surface area contributed by atoms with Crippen molar-refractivity contribution in [3.05, 3.63) is 35.4 Å². The van der Waals surface area contributed by atoms with E-state index < -0.39 is 10.0 Å². The van der Waals surface area contributed by atoms with E-state index in [2.05, 4.69) is 0 Å². The topological polar surface area (TPSA) is 57.6 Å². The zero-order valence-electron chi connectivity index (χ0n) is 12.1. The summed E-state index contributed by atoms with van der Waals surface area (Å²) in [7, 11) is -3.30. The quantitative estimate of drug-likeness (QED) is 0.839. The van der Waals surface area contributed by atoms with Crippen LogP contribution in [0.5, 0.6) is 0 Å². The van der Waals surface area contributed by atoms with Gasteiger partial charge in [-0.1, -0.05) is 24.3 Å². The van der Waals surface area contributed by atoms with Gasteiger partial charge in [-0.15, -0.1) is 0 Å². The van der Waals surface area contributed by atoms with Crippen LogP contribution in [0.1, 0.15) is 37.8 Å². The minimum atomic E-state index is -3.30. The van der Waals surface area contributed by atoms with Crippen molar-refractivity contribution in [1.82, 2.24) is 4.31 Å². The maximum absolute atomic E-state index is 12.6. The van der Waals surface area contributed by atoms with Gasteiger partial charge in [0.25, 0.3) is 0 Å². The predicted molar refractivity (Wildman–Crippen MR) is 79.6 cm³/mol. The normalized spacial score (nSPS) is 16.1.